The number of quaternary nitrogens is 1. The summed E-state index contributed by atoms with van der Waals surface area (Å²) >= 11 is 0. The Morgan fingerprint density at radius 2 is 1.79 bits per heavy atom. The second kappa shape index (κ2) is 9.99. The van der Waals surface area contributed by atoms with E-state index in [1.165, 1.54) is 4.31 Å². The second-order valence-electron chi connectivity index (χ2n) is 6.98. The number of amides is 2. The highest BCUT2D eigenvalue weighted by Crippen LogP contribution is 2.22. The number of sulfonamides is 1. The smallest absolute Gasteiger partial charge is 0.414 e. The first kappa shape index (κ1) is 22.3. The molecule has 1 heterocycles. The van der Waals surface area contributed by atoms with Crippen LogP contribution in [0.1, 0.15) is 38.7 Å². The molecule has 1 fully saturated rings. The maximum atomic E-state index is 12.9. The van der Waals surface area contributed by atoms with Gasteiger partial charge in [-0.15, -0.1) is 0 Å². The number of hydrogen-bond acceptors (Lipinski definition) is 5. The Morgan fingerprint density at radius 3 is 2.32 bits per heavy atom. The van der Waals surface area contributed by atoms with Crippen molar-refractivity contribution in [3.63, 3.8) is 0 Å². The molecule has 0 spiro atoms. The molecule has 0 saturated carbocycles. The average Bonchev–Trinajstić information content (AvgIpc) is 2.68. The molecule has 2 amide bonds. The summed E-state index contributed by atoms with van der Waals surface area (Å²) in [7, 11) is -3.54. The van der Waals surface area contributed by atoms with Gasteiger partial charge in [-0.1, -0.05) is 26.0 Å². The summed E-state index contributed by atoms with van der Waals surface area (Å²) in [5.74, 6) is -0.0324. The first-order valence-electron chi connectivity index (χ1n) is 9.68. The van der Waals surface area contributed by atoms with Gasteiger partial charge in [0.25, 0.3) is 5.91 Å². The second-order valence-corrected chi connectivity index (χ2v) is 8.92. The number of imide groups is 1. The Hall–Kier alpha value is -1.97. The normalized spacial score (nSPS) is 17.1. The van der Waals surface area contributed by atoms with Gasteiger partial charge in [0.15, 0.2) is 6.54 Å². The van der Waals surface area contributed by atoms with Crippen LogP contribution in [0.2, 0.25) is 0 Å². The SMILES string of the molecule is CCOC(=O)NC(=O)C[NH+]1CCN(S(=O)(=O)c2ccc([C@@H](C)CC)cc2)CC1. The molecule has 1 saturated heterocycles. The van der Waals surface area contributed by atoms with Crippen molar-refractivity contribution >= 4 is 22.0 Å². The Labute approximate surface area is 166 Å². The van der Waals surface area contributed by atoms with Crippen LogP contribution in [0.5, 0.6) is 0 Å². The lowest BCUT2D eigenvalue weighted by atomic mass is 9.99. The van der Waals surface area contributed by atoms with E-state index in [1.807, 2.05) is 12.1 Å². The van der Waals surface area contributed by atoms with Gasteiger partial charge in [-0.3, -0.25) is 10.1 Å². The van der Waals surface area contributed by atoms with Crippen molar-refractivity contribution in [1.82, 2.24) is 9.62 Å². The first-order chi connectivity index (χ1) is 13.3. The fraction of sp³-hybridized carbons (Fsp3) is 0.579. The highest BCUT2D eigenvalue weighted by Gasteiger charge is 2.31. The minimum absolute atomic E-state index is 0.107. The van der Waals surface area contributed by atoms with Gasteiger partial charge in [0, 0.05) is 0 Å². The summed E-state index contributed by atoms with van der Waals surface area (Å²) < 4.78 is 31.9. The molecule has 9 heteroatoms. The van der Waals surface area contributed by atoms with E-state index < -0.39 is 22.0 Å². The molecule has 28 heavy (non-hydrogen) atoms. The number of carbonyl (C=O) groups excluding carboxylic acids is 2. The molecule has 1 aliphatic heterocycles. The zero-order valence-electron chi connectivity index (χ0n) is 16.7. The number of ether oxygens (including phenoxy) is 1. The highest BCUT2D eigenvalue weighted by atomic mass is 32.2. The van der Waals surface area contributed by atoms with Crippen molar-refractivity contribution in [2.45, 2.75) is 38.0 Å². The Kier molecular flexibility index (Phi) is 7.97. The predicted octanol–water partition coefficient (Wildman–Crippen LogP) is 0.362. The zero-order valence-corrected chi connectivity index (χ0v) is 17.5. The van der Waals surface area contributed by atoms with Crippen LogP contribution in [-0.4, -0.2) is 64.1 Å². The molecule has 0 aliphatic carbocycles. The van der Waals surface area contributed by atoms with Gasteiger partial charge in [0.1, 0.15) is 0 Å². The third kappa shape index (κ3) is 5.76. The molecule has 1 aromatic rings. The quantitative estimate of drug-likeness (QED) is 0.674. The average molecular weight is 413 g/mol. The molecular weight excluding hydrogens is 382 g/mol. The number of nitrogens with one attached hydrogen (secondary N) is 2. The molecule has 1 aromatic carbocycles. The van der Waals surface area contributed by atoms with Crippen LogP contribution >= 0.6 is 0 Å². The first-order valence-corrected chi connectivity index (χ1v) is 11.1. The molecule has 156 valence electrons. The standard InChI is InChI=1S/C19H29N3O5S/c1-4-15(3)16-6-8-17(9-7-16)28(25,26)22-12-10-21(11-13-22)14-18(23)20-19(24)27-5-2/h6-9,15H,4-5,10-14H2,1-3H3,(H,20,23,24)/p+1/t15-/m0/s1. The summed E-state index contributed by atoms with van der Waals surface area (Å²) in [4.78, 5) is 24.3. The molecule has 2 N–H and O–H groups in total. The maximum Gasteiger partial charge on any atom is 0.414 e. The Morgan fingerprint density at radius 1 is 1.18 bits per heavy atom. The number of alkyl carbamates (subject to hydrolysis) is 1. The van der Waals surface area contributed by atoms with Crippen LogP contribution in [0.15, 0.2) is 29.2 Å². The van der Waals surface area contributed by atoms with Gasteiger partial charge in [0.05, 0.1) is 37.7 Å². The molecule has 0 unspecified atom stereocenters. The predicted molar refractivity (Wildman–Crippen MR) is 105 cm³/mol. The fourth-order valence-electron chi connectivity index (χ4n) is 3.12. The lowest BCUT2D eigenvalue weighted by Crippen LogP contribution is -3.15. The van der Waals surface area contributed by atoms with Gasteiger partial charge in [-0.05, 0) is 37.0 Å². The van der Waals surface area contributed by atoms with Crippen molar-refractivity contribution in [2.24, 2.45) is 0 Å². The van der Waals surface area contributed by atoms with E-state index in [0.717, 1.165) is 16.9 Å². The molecule has 0 bridgehead atoms. The Balaban J connectivity index is 1.91. The molecule has 0 aromatic heterocycles. The maximum absolute atomic E-state index is 12.9. The van der Waals surface area contributed by atoms with Crippen LogP contribution in [0.4, 0.5) is 4.79 Å². The topological polar surface area (TPSA) is 97.2 Å². The van der Waals surface area contributed by atoms with Gasteiger partial charge < -0.3 is 9.64 Å². The van der Waals surface area contributed by atoms with Gasteiger partial charge in [0.2, 0.25) is 10.0 Å². The van der Waals surface area contributed by atoms with E-state index >= 15 is 0 Å². The van der Waals surface area contributed by atoms with E-state index in [1.54, 1.807) is 19.1 Å². The molecular formula is C19H30N3O5S+. The van der Waals surface area contributed by atoms with E-state index in [9.17, 15) is 18.0 Å². The van der Waals surface area contributed by atoms with Crippen molar-refractivity contribution in [3.05, 3.63) is 29.8 Å². The lowest BCUT2D eigenvalue weighted by Gasteiger charge is -2.31. The van der Waals surface area contributed by atoms with Crippen LogP contribution in [-0.2, 0) is 19.6 Å². The number of nitrogens with zero attached hydrogens (tertiary/aromatic N) is 1. The minimum Gasteiger partial charge on any atom is -0.450 e. The van der Waals surface area contributed by atoms with Gasteiger partial charge >= 0.3 is 6.09 Å². The van der Waals surface area contributed by atoms with Crippen LogP contribution in [0, 0.1) is 0 Å². The van der Waals surface area contributed by atoms with Gasteiger partial charge in [-0.2, -0.15) is 4.31 Å². The van der Waals surface area contributed by atoms with Gasteiger partial charge in [-0.25, -0.2) is 13.2 Å². The third-order valence-electron chi connectivity index (χ3n) is 5.06. The van der Waals surface area contributed by atoms with E-state index in [0.29, 0.717) is 37.0 Å². The molecule has 1 aliphatic rings. The summed E-state index contributed by atoms with van der Waals surface area (Å²) in [6.07, 6.45) is 0.245. The number of rotatable bonds is 7. The summed E-state index contributed by atoms with van der Waals surface area (Å²) in [6, 6.07) is 7.09. The van der Waals surface area contributed by atoms with Crippen LogP contribution in [0.25, 0.3) is 0 Å². The monoisotopic (exact) mass is 412 g/mol. The number of benzene rings is 1. The summed E-state index contributed by atoms with van der Waals surface area (Å²) in [5, 5.41) is 2.16. The number of piperazine rings is 1. The summed E-state index contributed by atoms with van der Waals surface area (Å²) in [5.41, 5.74) is 1.13. The lowest BCUT2D eigenvalue weighted by molar-refractivity contribution is -0.895. The highest BCUT2D eigenvalue weighted by molar-refractivity contribution is 7.89. The fourth-order valence-corrected chi connectivity index (χ4v) is 4.57. The largest absolute Gasteiger partial charge is 0.450 e. The molecule has 8 nitrogen and oxygen atoms in total. The van der Waals surface area contributed by atoms with E-state index in [2.05, 4.69) is 23.9 Å². The molecule has 1 atom stereocenters. The molecule has 2 rings (SSSR count). The third-order valence-corrected chi connectivity index (χ3v) is 6.97. The minimum atomic E-state index is -3.54. The zero-order chi connectivity index (χ0) is 20.7. The van der Waals surface area contributed by atoms with Crippen molar-refractivity contribution in [3.8, 4) is 0 Å². The Bertz CT molecular complexity index is 771. The summed E-state index contributed by atoms with van der Waals surface area (Å²) in [6.45, 7) is 7.84. The van der Waals surface area contributed by atoms with Crippen LogP contribution < -0.4 is 10.2 Å². The van der Waals surface area contributed by atoms with Crippen molar-refractivity contribution in [1.29, 1.82) is 0 Å². The number of hydrogen-bond donors (Lipinski definition) is 2. The number of carbonyl (C=O) groups is 2. The van der Waals surface area contributed by atoms with Crippen molar-refractivity contribution in [2.75, 3.05) is 39.3 Å². The van der Waals surface area contributed by atoms with E-state index in [-0.39, 0.29) is 13.2 Å². The van der Waals surface area contributed by atoms with Crippen molar-refractivity contribution < 1.29 is 27.6 Å². The molecule has 0 radical (unpaired) electrons. The van der Waals surface area contributed by atoms with E-state index in [4.69, 9.17) is 0 Å². The van der Waals surface area contributed by atoms with Crippen LogP contribution in [0.3, 0.4) is 0 Å².